The predicted molar refractivity (Wildman–Crippen MR) is 66.8 cm³/mol. The SMILES string of the molecule is COc1ccc(NC(=O)NC2CCOCC2)cn1. The van der Waals surface area contributed by atoms with Crippen molar-refractivity contribution in [2.45, 2.75) is 18.9 Å². The highest BCUT2D eigenvalue weighted by molar-refractivity contribution is 5.89. The predicted octanol–water partition coefficient (Wildman–Crippen LogP) is 1.39. The molecule has 1 aliphatic rings. The summed E-state index contributed by atoms with van der Waals surface area (Å²) in [4.78, 5) is 15.7. The van der Waals surface area contributed by atoms with Gasteiger partial charge in [0.1, 0.15) is 0 Å². The summed E-state index contributed by atoms with van der Waals surface area (Å²) in [7, 11) is 1.55. The Morgan fingerprint density at radius 3 is 2.83 bits per heavy atom. The Morgan fingerprint density at radius 2 is 2.22 bits per heavy atom. The van der Waals surface area contributed by atoms with Gasteiger partial charge in [-0.05, 0) is 18.9 Å². The largest absolute Gasteiger partial charge is 0.481 e. The lowest BCUT2D eigenvalue weighted by Gasteiger charge is -2.23. The van der Waals surface area contributed by atoms with E-state index in [2.05, 4.69) is 15.6 Å². The quantitative estimate of drug-likeness (QED) is 0.851. The minimum atomic E-state index is -0.214. The molecule has 0 bridgehead atoms. The zero-order valence-electron chi connectivity index (χ0n) is 10.3. The summed E-state index contributed by atoms with van der Waals surface area (Å²) in [5.41, 5.74) is 0.639. The van der Waals surface area contributed by atoms with Gasteiger partial charge in [0.05, 0.1) is 19.0 Å². The number of nitrogens with one attached hydrogen (secondary N) is 2. The molecule has 0 radical (unpaired) electrons. The molecule has 2 heterocycles. The minimum Gasteiger partial charge on any atom is -0.481 e. The highest BCUT2D eigenvalue weighted by atomic mass is 16.5. The summed E-state index contributed by atoms with van der Waals surface area (Å²) < 4.78 is 10.2. The summed E-state index contributed by atoms with van der Waals surface area (Å²) >= 11 is 0. The van der Waals surface area contributed by atoms with Gasteiger partial charge in [0.15, 0.2) is 0 Å². The van der Waals surface area contributed by atoms with Crippen LogP contribution in [0.15, 0.2) is 18.3 Å². The summed E-state index contributed by atoms with van der Waals surface area (Å²) in [6.07, 6.45) is 3.27. The number of amides is 2. The first kappa shape index (κ1) is 12.6. The van der Waals surface area contributed by atoms with E-state index in [0.29, 0.717) is 24.8 Å². The molecule has 98 valence electrons. The third-order valence-electron chi connectivity index (χ3n) is 2.76. The molecule has 6 nitrogen and oxygen atoms in total. The number of methoxy groups -OCH3 is 1. The lowest BCUT2D eigenvalue weighted by atomic mass is 10.1. The molecule has 1 saturated heterocycles. The van der Waals surface area contributed by atoms with Crippen LogP contribution in [0.2, 0.25) is 0 Å². The Kier molecular flexibility index (Phi) is 4.35. The van der Waals surface area contributed by atoms with Crippen molar-refractivity contribution in [3.05, 3.63) is 18.3 Å². The number of anilines is 1. The van der Waals surface area contributed by atoms with Crippen LogP contribution >= 0.6 is 0 Å². The Morgan fingerprint density at radius 1 is 1.44 bits per heavy atom. The molecule has 1 aromatic rings. The van der Waals surface area contributed by atoms with Gasteiger partial charge in [0.25, 0.3) is 0 Å². The van der Waals surface area contributed by atoms with Crippen LogP contribution in [0, 0.1) is 0 Å². The number of ether oxygens (including phenoxy) is 2. The smallest absolute Gasteiger partial charge is 0.319 e. The molecule has 2 N–H and O–H groups in total. The molecule has 18 heavy (non-hydrogen) atoms. The highest BCUT2D eigenvalue weighted by Gasteiger charge is 2.15. The summed E-state index contributed by atoms with van der Waals surface area (Å²) in [5, 5.41) is 5.64. The first-order valence-electron chi connectivity index (χ1n) is 5.93. The van der Waals surface area contributed by atoms with Crippen molar-refractivity contribution in [1.82, 2.24) is 10.3 Å². The maximum absolute atomic E-state index is 11.7. The fourth-order valence-corrected chi connectivity index (χ4v) is 1.77. The summed E-state index contributed by atoms with van der Waals surface area (Å²) in [6, 6.07) is 3.42. The Balaban J connectivity index is 1.82. The highest BCUT2D eigenvalue weighted by Crippen LogP contribution is 2.11. The standard InChI is InChI=1S/C12H17N3O3/c1-17-11-3-2-10(8-13-11)15-12(16)14-9-4-6-18-7-5-9/h2-3,8-9H,4-7H2,1H3,(H2,14,15,16). The first-order chi connectivity index (χ1) is 8.78. The maximum Gasteiger partial charge on any atom is 0.319 e. The second-order valence-electron chi connectivity index (χ2n) is 4.07. The van der Waals surface area contributed by atoms with E-state index in [9.17, 15) is 4.79 Å². The maximum atomic E-state index is 11.7. The van der Waals surface area contributed by atoms with Gasteiger partial charge >= 0.3 is 6.03 Å². The number of rotatable bonds is 3. The van der Waals surface area contributed by atoms with Gasteiger partial charge in [0, 0.05) is 25.3 Å². The van der Waals surface area contributed by atoms with Gasteiger partial charge in [-0.3, -0.25) is 0 Å². The van der Waals surface area contributed by atoms with E-state index in [4.69, 9.17) is 9.47 Å². The zero-order chi connectivity index (χ0) is 12.8. The van der Waals surface area contributed by atoms with Gasteiger partial charge in [-0.1, -0.05) is 0 Å². The molecular formula is C12H17N3O3. The van der Waals surface area contributed by atoms with Crippen LogP contribution in [-0.2, 0) is 4.74 Å². The summed E-state index contributed by atoms with van der Waals surface area (Å²) in [6.45, 7) is 1.41. The number of carbonyl (C=O) groups is 1. The second kappa shape index (κ2) is 6.20. The van der Waals surface area contributed by atoms with Crippen molar-refractivity contribution >= 4 is 11.7 Å². The van der Waals surface area contributed by atoms with Crippen LogP contribution in [0.5, 0.6) is 5.88 Å². The molecule has 0 atom stereocenters. The van der Waals surface area contributed by atoms with Crippen LogP contribution in [0.25, 0.3) is 0 Å². The topological polar surface area (TPSA) is 72.5 Å². The van der Waals surface area contributed by atoms with Crippen molar-refractivity contribution in [2.24, 2.45) is 0 Å². The third-order valence-corrected chi connectivity index (χ3v) is 2.76. The number of hydrogen-bond acceptors (Lipinski definition) is 4. The lowest BCUT2D eigenvalue weighted by molar-refractivity contribution is 0.0806. The molecule has 0 aliphatic carbocycles. The molecule has 1 fully saturated rings. The fraction of sp³-hybridized carbons (Fsp3) is 0.500. The Hall–Kier alpha value is -1.82. The van der Waals surface area contributed by atoms with Crippen LogP contribution in [0.3, 0.4) is 0 Å². The van der Waals surface area contributed by atoms with Gasteiger partial charge in [-0.2, -0.15) is 0 Å². The van der Waals surface area contributed by atoms with E-state index in [-0.39, 0.29) is 12.1 Å². The van der Waals surface area contributed by atoms with Crippen LogP contribution in [-0.4, -0.2) is 37.4 Å². The van der Waals surface area contributed by atoms with Gasteiger partial charge in [-0.25, -0.2) is 9.78 Å². The number of urea groups is 1. The van der Waals surface area contributed by atoms with E-state index < -0.39 is 0 Å². The van der Waals surface area contributed by atoms with Crippen LogP contribution in [0.4, 0.5) is 10.5 Å². The van der Waals surface area contributed by atoms with E-state index >= 15 is 0 Å². The van der Waals surface area contributed by atoms with E-state index in [1.807, 2.05) is 0 Å². The number of hydrogen-bond donors (Lipinski definition) is 2. The first-order valence-corrected chi connectivity index (χ1v) is 5.93. The molecule has 0 unspecified atom stereocenters. The third kappa shape index (κ3) is 3.59. The molecule has 2 amide bonds. The summed E-state index contributed by atoms with van der Waals surface area (Å²) in [5.74, 6) is 0.519. The van der Waals surface area contributed by atoms with E-state index in [0.717, 1.165) is 12.8 Å². The molecule has 0 spiro atoms. The fourth-order valence-electron chi connectivity index (χ4n) is 1.77. The van der Waals surface area contributed by atoms with E-state index in [1.165, 1.54) is 0 Å². The van der Waals surface area contributed by atoms with Crippen molar-refractivity contribution < 1.29 is 14.3 Å². The number of carbonyl (C=O) groups excluding carboxylic acids is 1. The number of aromatic nitrogens is 1. The minimum absolute atomic E-state index is 0.185. The Bertz CT molecular complexity index is 388. The van der Waals surface area contributed by atoms with Crippen molar-refractivity contribution in [2.75, 3.05) is 25.6 Å². The van der Waals surface area contributed by atoms with Crippen molar-refractivity contribution in [1.29, 1.82) is 0 Å². The number of nitrogens with zero attached hydrogens (tertiary/aromatic N) is 1. The molecular weight excluding hydrogens is 234 g/mol. The van der Waals surface area contributed by atoms with Crippen molar-refractivity contribution in [3.63, 3.8) is 0 Å². The average molecular weight is 251 g/mol. The van der Waals surface area contributed by atoms with Gasteiger partial charge in [0.2, 0.25) is 5.88 Å². The zero-order valence-corrected chi connectivity index (χ0v) is 10.3. The van der Waals surface area contributed by atoms with Crippen molar-refractivity contribution in [3.8, 4) is 5.88 Å². The molecule has 2 rings (SSSR count). The molecule has 0 aromatic carbocycles. The van der Waals surface area contributed by atoms with Crippen LogP contribution < -0.4 is 15.4 Å². The molecule has 1 aliphatic heterocycles. The molecule has 1 aromatic heterocycles. The van der Waals surface area contributed by atoms with E-state index in [1.54, 1.807) is 25.4 Å². The second-order valence-corrected chi connectivity index (χ2v) is 4.07. The van der Waals surface area contributed by atoms with Gasteiger partial charge < -0.3 is 20.1 Å². The molecule has 6 heteroatoms. The number of pyridine rings is 1. The average Bonchev–Trinajstić information content (AvgIpc) is 2.40. The lowest BCUT2D eigenvalue weighted by Crippen LogP contribution is -2.41. The Labute approximate surface area is 106 Å². The monoisotopic (exact) mass is 251 g/mol. The van der Waals surface area contributed by atoms with Crippen LogP contribution in [0.1, 0.15) is 12.8 Å². The normalized spacial score (nSPS) is 16.1. The van der Waals surface area contributed by atoms with Gasteiger partial charge in [-0.15, -0.1) is 0 Å². The molecule has 0 saturated carbocycles.